The molecule has 0 radical (unpaired) electrons. The van der Waals surface area contributed by atoms with Gasteiger partial charge in [-0.05, 0) is 38.5 Å². The molecule has 21 heavy (non-hydrogen) atoms. The van der Waals surface area contributed by atoms with Crippen molar-refractivity contribution in [3.05, 3.63) is 47.8 Å². The molecule has 1 amide bonds. The maximum Gasteiger partial charge on any atom is 0.407 e. The largest absolute Gasteiger partial charge is 0.444 e. The Labute approximate surface area is 125 Å². The first-order chi connectivity index (χ1) is 9.87. The van der Waals surface area contributed by atoms with E-state index in [1.807, 2.05) is 32.9 Å². The van der Waals surface area contributed by atoms with Gasteiger partial charge >= 0.3 is 6.09 Å². The van der Waals surface area contributed by atoms with Crippen LogP contribution < -0.4 is 10.6 Å². The van der Waals surface area contributed by atoms with Gasteiger partial charge in [0, 0.05) is 19.6 Å². The van der Waals surface area contributed by atoms with Gasteiger partial charge in [0.05, 0.1) is 0 Å². The minimum atomic E-state index is -0.482. The fourth-order valence-corrected chi connectivity index (χ4v) is 1.53. The lowest BCUT2D eigenvalue weighted by Gasteiger charge is -2.19. The highest BCUT2D eigenvalue weighted by Crippen LogP contribution is 2.06. The Morgan fingerprint density at radius 2 is 1.81 bits per heavy atom. The number of alkyl carbamates (subject to hydrolysis) is 1. The second-order valence-electron chi connectivity index (χ2n) is 5.61. The third-order valence-corrected chi connectivity index (χ3v) is 2.43. The van der Waals surface area contributed by atoms with Crippen molar-refractivity contribution in [3.63, 3.8) is 0 Å². The molecule has 0 saturated heterocycles. The molecule has 4 nitrogen and oxygen atoms in total. The van der Waals surface area contributed by atoms with Gasteiger partial charge in [-0.25, -0.2) is 9.18 Å². The standard InChI is InChI=1S/C16H23FN2O2/c1-16(2,3)21-15(20)19-11-5-4-10-18-12-13-6-8-14(17)9-7-13/h4-9,18H,10-12H2,1-3H3,(H,19,20)/b5-4+. The van der Waals surface area contributed by atoms with Gasteiger partial charge in [-0.2, -0.15) is 0 Å². The molecule has 0 heterocycles. The molecule has 0 saturated carbocycles. The predicted molar refractivity (Wildman–Crippen MR) is 81.5 cm³/mol. The zero-order chi connectivity index (χ0) is 15.7. The molecular weight excluding hydrogens is 271 g/mol. The number of nitrogens with one attached hydrogen (secondary N) is 2. The molecule has 116 valence electrons. The number of benzene rings is 1. The van der Waals surface area contributed by atoms with E-state index >= 15 is 0 Å². The fraction of sp³-hybridized carbons (Fsp3) is 0.438. The van der Waals surface area contributed by atoms with E-state index in [4.69, 9.17) is 4.74 Å². The van der Waals surface area contributed by atoms with Crippen LogP contribution in [0.3, 0.4) is 0 Å². The number of rotatable bonds is 6. The van der Waals surface area contributed by atoms with E-state index in [9.17, 15) is 9.18 Å². The van der Waals surface area contributed by atoms with Gasteiger partial charge in [0.2, 0.25) is 0 Å². The molecule has 0 aliphatic rings. The van der Waals surface area contributed by atoms with Crippen LogP contribution in [0.4, 0.5) is 9.18 Å². The van der Waals surface area contributed by atoms with Crippen LogP contribution in [0.5, 0.6) is 0 Å². The SMILES string of the molecule is CC(C)(C)OC(=O)NC/C=C/CNCc1ccc(F)cc1. The Kier molecular flexibility index (Phi) is 6.88. The van der Waals surface area contributed by atoms with Crippen molar-refractivity contribution in [3.8, 4) is 0 Å². The average Bonchev–Trinajstić information content (AvgIpc) is 2.37. The Morgan fingerprint density at radius 1 is 1.19 bits per heavy atom. The summed E-state index contributed by atoms with van der Waals surface area (Å²) < 4.78 is 17.8. The molecule has 0 unspecified atom stereocenters. The van der Waals surface area contributed by atoms with Gasteiger partial charge in [0.25, 0.3) is 0 Å². The summed E-state index contributed by atoms with van der Waals surface area (Å²) in [5.74, 6) is -0.230. The first kappa shape index (κ1) is 17.2. The minimum Gasteiger partial charge on any atom is -0.444 e. The zero-order valence-corrected chi connectivity index (χ0v) is 12.8. The van der Waals surface area contributed by atoms with Crippen molar-refractivity contribution in [1.82, 2.24) is 10.6 Å². The molecule has 0 aliphatic carbocycles. The quantitative estimate of drug-likeness (QED) is 0.626. The lowest BCUT2D eigenvalue weighted by molar-refractivity contribution is 0.0534. The van der Waals surface area contributed by atoms with Crippen molar-refractivity contribution in [2.24, 2.45) is 0 Å². The first-order valence-electron chi connectivity index (χ1n) is 6.94. The van der Waals surface area contributed by atoms with Crippen molar-refractivity contribution in [1.29, 1.82) is 0 Å². The monoisotopic (exact) mass is 294 g/mol. The van der Waals surface area contributed by atoms with Gasteiger partial charge in [0.15, 0.2) is 0 Å². The van der Waals surface area contributed by atoms with Crippen LogP contribution in [0, 0.1) is 5.82 Å². The summed E-state index contributed by atoms with van der Waals surface area (Å²) in [6.07, 6.45) is 3.34. The summed E-state index contributed by atoms with van der Waals surface area (Å²) in [5.41, 5.74) is 0.543. The summed E-state index contributed by atoms with van der Waals surface area (Å²) in [6.45, 7) is 7.23. The number of amides is 1. The highest BCUT2D eigenvalue weighted by Gasteiger charge is 2.14. The molecule has 0 spiro atoms. The topological polar surface area (TPSA) is 50.4 Å². The van der Waals surface area contributed by atoms with Gasteiger partial charge in [-0.3, -0.25) is 0 Å². The number of hydrogen-bond acceptors (Lipinski definition) is 3. The van der Waals surface area contributed by atoms with Gasteiger partial charge in [-0.1, -0.05) is 24.3 Å². The maximum absolute atomic E-state index is 12.7. The minimum absolute atomic E-state index is 0.230. The van der Waals surface area contributed by atoms with Crippen LogP contribution >= 0.6 is 0 Å². The molecule has 0 atom stereocenters. The molecule has 0 fully saturated rings. The number of ether oxygens (including phenoxy) is 1. The van der Waals surface area contributed by atoms with E-state index in [0.29, 0.717) is 19.6 Å². The Balaban J connectivity index is 2.10. The van der Waals surface area contributed by atoms with Gasteiger partial charge in [0.1, 0.15) is 11.4 Å². The Hall–Kier alpha value is -1.88. The summed E-state index contributed by atoms with van der Waals surface area (Å²) in [4.78, 5) is 11.3. The van der Waals surface area contributed by atoms with Crippen LogP contribution in [-0.2, 0) is 11.3 Å². The van der Waals surface area contributed by atoms with E-state index in [1.54, 1.807) is 12.1 Å². The second-order valence-corrected chi connectivity index (χ2v) is 5.61. The van der Waals surface area contributed by atoms with Crippen LogP contribution in [0.25, 0.3) is 0 Å². The molecule has 0 bridgehead atoms. The van der Waals surface area contributed by atoms with Gasteiger partial charge in [-0.15, -0.1) is 0 Å². The highest BCUT2D eigenvalue weighted by atomic mass is 19.1. The van der Waals surface area contributed by atoms with Crippen molar-refractivity contribution in [2.75, 3.05) is 13.1 Å². The Morgan fingerprint density at radius 3 is 2.43 bits per heavy atom. The van der Waals surface area contributed by atoms with Crippen LogP contribution in [-0.4, -0.2) is 24.8 Å². The smallest absolute Gasteiger partial charge is 0.407 e. The lowest BCUT2D eigenvalue weighted by atomic mass is 10.2. The van der Waals surface area contributed by atoms with Crippen LogP contribution in [0.1, 0.15) is 26.3 Å². The van der Waals surface area contributed by atoms with E-state index in [0.717, 1.165) is 5.56 Å². The molecular formula is C16H23FN2O2. The Bertz CT molecular complexity index is 464. The zero-order valence-electron chi connectivity index (χ0n) is 12.8. The molecule has 5 heteroatoms. The lowest BCUT2D eigenvalue weighted by Crippen LogP contribution is -2.32. The number of halogens is 1. The molecule has 0 aliphatic heterocycles. The van der Waals surface area contributed by atoms with E-state index in [-0.39, 0.29) is 5.82 Å². The molecule has 1 aromatic rings. The normalized spacial score (nSPS) is 11.6. The van der Waals surface area contributed by atoms with E-state index < -0.39 is 11.7 Å². The molecule has 1 aromatic carbocycles. The summed E-state index contributed by atoms with van der Waals surface area (Å²) in [5, 5.41) is 5.83. The molecule has 2 N–H and O–H groups in total. The first-order valence-corrected chi connectivity index (χ1v) is 6.94. The summed E-state index contributed by atoms with van der Waals surface area (Å²) >= 11 is 0. The summed E-state index contributed by atoms with van der Waals surface area (Å²) in [6, 6.07) is 6.38. The number of carbonyl (C=O) groups is 1. The van der Waals surface area contributed by atoms with Gasteiger partial charge < -0.3 is 15.4 Å². The third kappa shape index (κ3) is 8.81. The van der Waals surface area contributed by atoms with Crippen molar-refractivity contribution < 1.29 is 13.9 Å². The average molecular weight is 294 g/mol. The predicted octanol–water partition coefficient (Wildman–Crippen LogP) is 3.00. The number of carbonyl (C=O) groups excluding carboxylic acids is 1. The van der Waals surface area contributed by atoms with Crippen molar-refractivity contribution in [2.45, 2.75) is 32.9 Å². The molecule has 1 rings (SSSR count). The van der Waals surface area contributed by atoms with E-state index in [1.165, 1.54) is 12.1 Å². The van der Waals surface area contributed by atoms with E-state index in [2.05, 4.69) is 10.6 Å². The third-order valence-electron chi connectivity index (χ3n) is 2.43. The second kappa shape index (κ2) is 8.42. The fourth-order valence-electron chi connectivity index (χ4n) is 1.53. The number of hydrogen-bond donors (Lipinski definition) is 2. The van der Waals surface area contributed by atoms with Crippen LogP contribution in [0.15, 0.2) is 36.4 Å². The van der Waals surface area contributed by atoms with Crippen LogP contribution in [0.2, 0.25) is 0 Å². The summed E-state index contributed by atoms with van der Waals surface area (Å²) in [7, 11) is 0. The highest BCUT2D eigenvalue weighted by molar-refractivity contribution is 5.67. The molecule has 0 aromatic heterocycles. The van der Waals surface area contributed by atoms with Crippen molar-refractivity contribution >= 4 is 6.09 Å². The maximum atomic E-state index is 12.7.